The molecule has 37 heavy (non-hydrogen) atoms. The summed E-state index contributed by atoms with van der Waals surface area (Å²) >= 11 is 6.34. The number of hydrogen-bond acceptors (Lipinski definition) is 7. The van der Waals surface area contributed by atoms with E-state index in [1.165, 1.54) is 36.8 Å². The number of aromatic nitrogens is 3. The van der Waals surface area contributed by atoms with Gasteiger partial charge < -0.3 is 9.64 Å². The summed E-state index contributed by atoms with van der Waals surface area (Å²) < 4.78 is 73.4. The van der Waals surface area contributed by atoms with Crippen LogP contribution in [0.15, 0.2) is 60.0 Å². The zero-order valence-electron chi connectivity index (χ0n) is 20.0. The van der Waals surface area contributed by atoms with E-state index >= 15 is 0 Å². The first kappa shape index (κ1) is 27.1. The van der Waals surface area contributed by atoms with E-state index in [4.69, 9.17) is 16.3 Å². The number of hydrogen-bond donors (Lipinski definition) is 1. The number of rotatable bonds is 7. The summed E-state index contributed by atoms with van der Waals surface area (Å²) in [6.07, 6.45) is 0.752. The summed E-state index contributed by atoms with van der Waals surface area (Å²) in [6, 6.07) is 7.96. The van der Waals surface area contributed by atoms with E-state index < -0.39 is 21.8 Å². The lowest BCUT2D eigenvalue weighted by Crippen LogP contribution is -2.46. The molecule has 198 valence electrons. The fourth-order valence-corrected chi connectivity index (χ4v) is 5.66. The molecule has 1 aliphatic carbocycles. The van der Waals surface area contributed by atoms with Crippen molar-refractivity contribution in [3.63, 3.8) is 0 Å². The minimum Gasteiger partial charge on any atom is -0.472 e. The number of likely N-dealkylation sites (N-methyl/N-ethyl adjacent to an activating group) is 1. The second-order valence-electron chi connectivity index (χ2n) is 8.98. The zero-order valence-corrected chi connectivity index (χ0v) is 21.6. The van der Waals surface area contributed by atoms with Gasteiger partial charge in [-0.1, -0.05) is 29.8 Å². The van der Waals surface area contributed by atoms with Crippen molar-refractivity contribution < 1.29 is 26.3 Å². The predicted molar refractivity (Wildman–Crippen MR) is 132 cm³/mol. The maximum absolute atomic E-state index is 13.2. The average molecular weight is 556 g/mol. The summed E-state index contributed by atoms with van der Waals surface area (Å²) in [6.45, 7) is 0. The van der Waals surface area contributed by atoms with Crippen LogP contribution >= 0.6 is 11.6 Å². The van der Waals surface area contributed by atoms with Crippen LogP contribution in [0.2, 0.25) is 5.02 Å². The van der Waals surface area contributed by atoms with Gasteiger partial charge in [-0.2, -0.15) is 13.2 Å². The molecular weight excluding hydrogens is 531 g/mol. The molecule has 1 N–H and O–H groups in total. The third-order valence-electron chi connectivity index (χ3n) is 6.28. The third-order valence-corrected chi connectivity index (χ3v) is 7.87. The molecule has 0 radical (unpaired) electrons. The lowest BCUT2D eigenvalue weighted by Gasteiger charge is -2.39. The van der Waals surface area contributed by atoms with E-state index in [9.17, 15) is 21.6 Å². The molecule has 1 saturated carbocycles. The summed E-state index contributed by atoms with van der Waals surface area (Å²) in [4.78, 5) is 13.5. The molecular formula is C24H25ClF3N5O3S. The molecule has 4 rings (SSSR count). The van der Waals surface area contributed by atoms with Crippen molar-refractivity contribution in [1.29, 1.82) is 0 Å². The van der Waals surface area contributed by atoms with Gasteiger partial charge in [-0.05, 0) is 63.0 Å². The summed E-state index contributed by atoms with van der Waals surface area (Å²) in [7, 11) is -0.245. The van der Waals surface area contributed by atoms with Gasteiger partial charge >= 0.3 is 6.18 Å². The maximum atomic E-state index is 13.2. The zero-order chi connectivity index (χ0) is 26.8. The first-order valence-corrected chi connectivity index (χ1v) is 13.2. The van der Waals surface area contributed by atoms with Crippen molar-refractivity contribution in [2.24, 2.45) is 0 Å². The normalized spacial score (nSPS) is 20.6. The van der Waals surface area contributed by atoms with E-state index in [1.54, 1.807) is 6.07 Å². The fourth-order valence-electron chi connectivity index (χ4n) is 4.40. The molecule has 2 heterocycles. The highest BCUT2D eigenvalue weighted by atomic mass is 35.5. The van der Waals surface area contributed by atoms with E-state index in [2.05, 4.69) is 19.7 Å². The molecule has 1 fully saturated rings. The first-order valence-electron chi connectivity index (χ1n) is 11.4. The molecule has 2 aromatic heterocycles. The molecule has 13 heteroatoms. The number of pyridine rings is 1. The van der Waals surface area contributed by atoms with Crippen LogP contribution in [0.3, 0.4) is 0 Å². The van der Waals surface area contributed by atoms with Crippen molar-refractivity contribution in [2.75, 3.05) is 18.8 Å². The molecule has 0 amide bonds. The van der Waals surface area contributed by atoms with Crippen molar-refractivity contribution in [3.05, 3.63) is 71.3 Å². The van der Waals surface area contributed by atoms with Crippen LogP contribution in [0.25, 0.3) is 0 Å². The Morgan fingerprint density at radius 2 is 1.92 bits per heavy atom. The van der Waals surface area contributed by atoms with Gasteiger partial charge in [0.05, 0.1) is 11.8 Å². The molecule has 0 aliphatic heterocycles. The van der Waals surface area contributed by atoms with Gasteiger partial charge in [0.2, 0.25) is 5.88 Å². The lowest BCUT2D eigenvalue weighted by atomic mass is 9.79. The molecule has 0 saturated heterocycles. The third kappa shape index (κ3) is 6.49. The number of sulfonamides is 1. The maximum Gasteiger partial charge on any atom is 0.416 e. The Labute approximate surface area is 217 Å². The molecule has 0 spiro atoms. The quantitative estimate of drug-likeness (QED) is 0.438. The van der Waals surface area contributed by atoms with Crippen molar-refractivity contribution in [2.45, 2.75) is 48.4 Å². The largest absolute Gasteiger partial charge is 0.472 e. The average Bonchev–Trinajstić information content (AvgIpc) is 2.85. The highest BCUT2D eigenvalue weighted by molar-refractivity contribution is 7.92. The smallest absolute Gasteiger partial charge is 0.416 e. The summed E-state index contributed by atoms with van der Waals surface area (Å²) in [5, 5.41) is 0.0167. The van der Waals surface area contributed by atoms with Gasteiger partial charge in [-0.15, -0.1) is 0 Å². The lowest BCUT2D eigenvalue weighted by molar-refractivity contribution is -0.137. The Balaban J connectivity index is 1.48. The monoisotopic (exact) mass is 555 g/mol. The Bertz CT molecular complexity index is 1340. The standard InChI is InChI=1S/C24H25ClF3N5O3S/c1-33(2)20-11-16(15-4-3-5-17(10-15)24(26,27)28)6-7-21(20)36-23-19(25)12-18(13-30-23)37(34,35)32-22-8-9-29-14-31-22/h3-5,8-10,12-14,16,20-21H,6-7,11H2,1-2H3,(H,29,31,32)/t16-,20-,21-/m0/s1. The van der Waals surface area contributed by atoms with E-state index in [-0.39, 0.29) is 39.7 Å². The predicted octanol–water partition coefficient (Wildman–Crippen LogP) is 4.99. The van der Waals surface area contributed by atoms with Crippen molar-refractivity contribution in [3.8, 4) is 5.88 Å². The van der Waals surface area contributed by atoms with E-state index in [1.807, 2.05) is 19.0 Å². The number of halogens is 4. The molecule has 1 aromatic carbocycles. The molecule has 8 nitrogen and oxygen atoms in total. The molecule has 0 bridgehead atoms. The summed E-state index contributed by atoms with van der Waals surface area (Å²) in [5.41, 5.74) is -0.0213. The van der Waals surface area contributed by atoms with Gasteiger partial charge in [0.15, 0.2) is 0 Å². The minimum atomic E-state index is -4.40. The van der Waals surface area contributed by atoms with E-state index in [0.717, 1.165) is 12.3 Å². The van der Waals surface area contributed by atoms with Crippen molar-refractivity contribution >= 4 is 27.4 Å². The molecule has 1 aliphatic rings. The number of alkyl halides is 3. The second kappa shape index (κ2) is 10.8. The van der Waals surface area contributed by atoms with Crippen LogP contribution in [0.5, 0.6) is 5.88 Å². The Hall–Kier alpha value is -2.96. The van der Waals surface area contributed by atoms with Crippen LogP contribution in [-0.4, -0.2) is 54.5 Å². The number of anilines is 1. The Morgan fingerprint density at radius 3 is 2.57 bits per heavy atom. The van der Waals surface area contributed by atoms with Gasteiger partial charge in [0, 0.05) is 12.2 Å². The Morgan fingerprint density at radius 1 is 1.14 bits per heavy atom. The van der Waals surface area contributed by atoms with Crippen LogP contribution in [0.1, 0.15) is 36.3 Å². The number of ether oxygens (including phenoxy) is 1. The van der Waals surface area contributed by atoms with Crippen LogP contribution in [-0.2, 0) is 16.2 Å². The number of nitrogens with one attached hydrogen (secondary N) is 1. The van der Waals surface area contributed by atoms with Gasteiger partial charge in [-0.3, -0.25) is 4.72 Å². The SMILES string of the molecule is CN(C)[C@H]1C[C@@H](c2cccc(C(F)(F)F)c2)CC[C@@H]1Oc1ncc(S(=O)(=O)Nc2ccncn2)cc1Cl. The number of benzene rings is 1. The van der Waals surface area contributed by atoms with Crippen LogP contribution < -0.4 is 9.46 Å². The fraction of sp³-hybridized carbons (Fsp3) is 0.375. The number of nitrogens with zero attached hydrogens (tertiary/aromatic N) is 4. The minimum absolute atomic E-state index is 0.0167. The molecule has 3 aromatic rings. The highest BCUT2D eigenvalue weighted by Gasteiger charge is 2.36. The second-order valence-corrected chi connectivity index (χ2v) is 11.1. The highest BCUT2D eigenvalue weighted by Crippen LogP contribution is 2.39. The first-order chi connectivity index (χ1) is 17.4. The van der Waals surface area contributed by atoms with Gasteiger partial charge in [0.25, 0.3) is 10.0 Å². The van der Waals surface area contributed by atoms with Crippen molar-refractivity contribution in [1.82, 2.24) is 19.9 Å². The van der Waals surface area contributed by atoms with E-state index in [0.29, 0.717) is 24.8 Å². The molecule has 3 atom stereocenters. The van der Waals surface area contributed by atoms with Gasteiger partial charge in [-0.25, -0.2) is 23.4 Å². The van der Waals surface area contributed by atoms with Gasteiger partial charge in [0.1, 0.15) is 28.2 Å². The van der Waals surface area contributed by atoms with Crippen LogP contribution in [0.4, 0.5) is 19.0 Å². The summed E-state index contributed by atoms with van der Waals surface area (Å²) in [5.74, 6) is 0.105. The van der Waals surface area contributed by atoms with Crippen LogP contribution in [0, 0.1) is 0 Å². The molecule has 0 unspecified atom stereocenters. The topological polar surface area (TPSA) is 97.3 Å². The Kier molecular flexibility index (Phi) is 7.91.